The van der Waals surface area contributed by atoms with Gasteiger partial charge < -0.3 is 13.9 Å². The van der Waals surface area contributed by atoms with Gasteiger partial charge in [-0.05, 0) is 48.5 Å². The molecule has 1 aromatic heterocycles. The van der Waals surface area contributed by atoms with Crippen LogP contribution in [0.1, 0.15) is 5.76 Å². The molecular weight excluding hydrogens is 314 g/mol. The monoisotopic (exact) mass is 325 g/mol. The molecule has 0 atom stereocenters. The summed E-state index contributed by atoms with van der Waals surface area (Å²) in [7, 11) is 0. The Bertz CT molecular complexity index is 868. The molecule has 0 spiro atoms. The van der Waals surface area contributed by atoms with Crippen LogP contribution in [0.2, 0.25) is 5.02 Å². The van der Waals surface area contributed by atoms with Crippen molar-refractivity contribution in [2.75, 3.05) is 6.79 Å². The normalized spacial score (nSPS) is 12.9. The van der Waals surface area contributed by atoms with Crippen LogP contribution in [0.5, 0.6) is 11.5 Å². The summed E-state index contributed by atoms with van der Waals surface area (Å²) in [6.45, 7) is 0.255. The second kappa shape index (κ2) is 5.82. The van der Waals surface area contributed by atoms with E-state index in [1.165, 1.54) is 0 Å². The SMILES string of the molecule is Clc1ccc(-c2ccc(C=Nc3ccc4c(c3)OCO4)o2)cc1. The number of hydrogen-bond donors (Lipinski definition) is 0. The van der Waals surface area contributed by atoms with Crippen LogP contribution in [-0.2, 0) is 0 Å². The highest BCUT2D eigenvalue weighted by atomic mass is 35.5. The van der Waals surface area contributed by atoms with E-state index in [4.69, 9.17) is 25.5 Å². The molecule has 0 radical (unpaired) electrons. The van der Waals surface area contributed by atoms with Crippen LogP contribution in [-0.4, -0.2) is 13.0 Å². The van der Waals surface area contributed by atoms with Crippen molar-refractivity contribution in [2.24, 2.45) is 4.99 Å². The summed E-state index contributed by atoms with van der Waals surface area (Å²) in [5.41, 5.74) is 1.75. The summed E-state index contributed by atoms with van der Waals surface area (Å²) in [5, 5.41) is 0.699. The van der Waals surface area contributed by atoms with Crippen molar-refractivity contribution in [3.8, 4) is 22.8 Å². The van der Waals surface area contributed by atoms with Gasteiger partial charge in [0.1, 0.15) is 11.5 Å². The zero-order valence-electron chi connectivity index (χ0n) is 12.0. The highest BCUT2D eigenvalue weighted by Crippen LogP contribution is 2.35. The van der Waals surface area contributed by atoms with Crippen molar-refractivity contribution >= 4 is 23.5 Å². The minimum atomic E-state index is 0.255. The lowest BCUT2D eigenvalue weighted by Crippen LogP contribution is -1.92. The number of hydrogen-bond acceptors (Lipinski definition) is 4. The van der Waals surface area contributed by atoms with Gasteiger partial charge in [0.15, 0.2) is 11.5 Å². The summed E-state index contributed by atoms with van der Waals surface area (Å²) in [4.78, 5) is 4.40. The van der Waals surface area contributed by atoms with Crippen molar-refractivity contribution in [1.29, 1.82) is 0 Å². The molecule has 114 valence electrons. The van der Waals surface area contributed by atoms with Gasteiger partial charge >= 0.3 is 0 Å². The number of aliphatic imine (C=N–C) groups is 1. The van der Waals surface area contributed by atoms with E-state index >= 15 is 0 Å². The predicted octanol–water partition coefficient (Wildman–Crippen LogP) is 5.08. The van der Waals surface area contributed by atoms with Crippen molar-refractivity contribution in [3.05, 3.63) is 65.4 Å². The summed E-state index contributed by atoms with van der Waals surface area (Å²) in [6.07, 6.45) is 1.68. The minimum Gasteiger partial charge on any atom is -0.455 e. The average molecular weight is 326 g/mol. The Morgan fingerprint density at radius 3 is 2.61 bits per heavy atom. The zero-order valence-corrected chi connectivity index (χ0v) is 12.8. The first-order chi connectivity index (χ1) is 11.3. The van der Waals surface area contributed by atoms with Gasteiger partial charge in [-0.15, -0.1) is 0 Å². The first kappa shape index (κ1) is 13.9. The van der Waals surface area contributed by atoms with E-state index < -0.39 is 0 Å². The van der Waals surface area contributed by atoms with Crippen LogP contribution in [0.15, 0.2) is 64.0 Å². The molecule has 4 nitrogen and oxygen atoms in total. The molecule has 0 bridgehead atoms. The molecule has 0 amide bonds. The number of nitrogens with zero attached hydrogens (tertiary/aromatic N) is 1. The molecule has 2 heterocycles. The first-order valence-electron chi connectivity index (χ1n) is 7.07. The van der Waals surface area contributed by atoms with Crippen LogP contribution in [0.3, 0.4) is 0 Å². The molecule has 0 aliphatic carbocycles. The Kier molecular flexibility index (Phi) is 3.52. The number of halogens is 1. The lowest BCUT2D eigenvalue weighted by atomic mass is 10.2. The lowest BCUT2D eigenvalue weighted by molar-refractivity contribution is 0.174. The molecule has 0 saturated heterocycles. The van der Waals surface area contributed by atoms with Crippen molar-refractivity contribution in [3.63, 3.8) is 0 Å². The summed E-state index contributed by atoms with van der Waals surface area (Å²) in [6, 6.07) is 16.8. The van der Waals surface area contributed by atoms with Gasteiger partial charge in [-0.1, -0.05) is 11.6 Å². The fourth-order valence-electron chi connectivity index (χ4n) is 2.30. The Balaban J connectivity index is 1.54. The fourth-order valence-corrected chi connectivity index (χ4v) is 2.42. The van der Waals surface area contributed by atoms with Crippen molar-refractivity contribution in [1.82, 2.24) is 0 Å². The van der Waals surface area contributed by atoms with Crippen LogP contribution in [0.4, 0.5) is 5.69 Å². The van der Waals surface area contributed by atoms with E-state index in [0.717, 1.165) is 22.8 Å². The van der Waals surface area contributed by atoms with Gasteiger partial charge in [0.05, 0.1) is 11.9 Å². The average Bonchev–Trinajstić information content (AvgIpc) is 3.22. The number of ether oxygens (including phenoxy) is 2. The van der Waals surface area contributed by atoms with E-state index in [1.807, 2.05) is 54.6 Å². The molecule has 2 aromatic carbocycles. The third-order valence-electron chi connectivity index (χ3n) is 3.45. The van der Waals surface area contributed by atoms with Crippen LogP contribution < -0.4 is 9.47 Å². The molecule has 23 heavy (non-hydrogen) atoms. The van der Waals surface area contributed by atoms with Crippen molar-refractivity contribution < 1.29 is 13.9 Å². The van der Waals surface area contributed by atoms with Crippen LogP contribution in [0, 0.1) is 0 Å². The molecule has 3 aromatic rings. The molecular formula is C18H12ClNO3. The highest BCUT2D eigenvalue weighted by Gasteiger charge is 2.12. The standard InChI is InChI=1S/C18H12ClNO3/c19-13-3-1-12(2-4-13)16-8-6-15(23-16)10-20-14-5-7-17-18(9-14)22-11-21-17/h1-10H,11H2. The second-order valence-electron chi connectivity index (χ2n) is 5.00. The van der Waals surface area contributed by atoms with E-state index in [1.54, 1.807) is 6.21 Å². The molecule has 0 N–H and O–H groups in total. The number of furan rings is 1. The third-order valence-corrected chi connectivity index (χ3v) is 3.70. The minimum absolute atomic E-state index is 0.255. The largest absolute Gasteiger partial charge is 0.455 e. The molecule has 5 heteroatoms. The van der Waals surface area contributed by atoms with Gasteiger partial charge in [0.2, 0.25) is 6.79 Å². The number of fused-ring (bicyclic) bond motifs is 1. The van der Waals surface area contributed by atoms with E-state index in [2.05, 4.69) is 4.99 Å². The molecule has 0 saturated carbocycles. The summed E-state index contributed by atoms with van der Waals surface area (Å²) in [5.74, 6) is 2.90. The maximum absolute atomic E-state index is 5.89. The maximum atomic E-state index is 5.89. The Morgan fingerprint density at radius 2 is 1.74 bits per heavy atom. The quantitative estimate of drug-likeness (QED) is 0.631. The molecule has 4 rings (SSSR count). The van der Waals surface area contributed by atoms with Gasteiger partial charge in [0, 0.05) is 16.7 Å². The van der Waals surface area contributed by atoms with Gasteiger partial charge in [-0.3, -0.25) is 4.99 Å². The predicted molar refractivity (Wildman–Crippen MR) is 89.0 cm³/mol. The van der Waals surface area contributed by atoms with E-state index in [-0.39, 0.29) is 6.79 Å². The Hall–Kier alpha value is -2.72. The number of rotatable bonds is 3. The zero-order chi connectivity index (χ0) is 15.6. The Labute approximate surface area is 137 Å². The summed E-state index contributed by atoms with van der Waals surface area (Å²) < 4.78 is 16.4. The van der Waals surface area contributed by atoms with E-state index in [9.17, 15) is 0 Å². The smallest absolute Gasteiger partial charge is 0.231 e. The highest BCUT2D eigenvalue weighted by molar-refractivity contribution is 6.30. The van der Waals surface area contributed by atoms with Gasteiger partial charge in [-0.2, -0.15) is 0 Å². The van der Waals surface area contributed by atoms with Crippen LogP contribution in [0.25, 0.3) is 11.3 Å². The molecule has 0 unspecified atom stereocenters. The molecule has 1 aliphatic rings. The van der Waals surface area contributed by atoms with Crippen LogP contribution >= 0.6 is 11.6 Å². The molecule has 1 aliphatic heterocycles. The van der Waals surface area contributed by atoms with Crippen molar-refractivity contribution in [2.45, 2.75) is 0 Å². The lowest BCUT2D eigenvalue weighted by Gasteiger charge is -1.97. The summed E-state index contributed by atoms with van der Waals surface area (Å²) >= 11 is 5.89. The van der Waals surface area contributed by atoms with E-state index in [0.29, 0.717) is 16.5 Å². The Morgan fingerprint density at radius 1 is 0.913 bits per heavy atom. The second-order valence-corrected chi connectivity index (χ2v) is 5.44. The topological polar surface area (TPSA) is 44.0 Å². The fraction of sp³-hybridized carbons (Fsp3) is 0.0556. The van der Waals surface area contributed by atoms with Gasteiger partial charge in [-0.25, -0.2) is 0 Å². The molecule has 0 fully saturated rings. The third kappa shape index (κ3) is 2.94. The maximum Gasteiger partial charge on any atom is 0.231 e. The first-order valence-corrected chi connectivity index (χ1v) is 7.45. The number of benzene rings is 2. The van der Waals surface area contributed by atoms with Gasteiger partial charge in [0.25, 0.3) is 0 Å².